The third-order valence-electron chi connectivity index (χ3n) is 14.7. The van der Waals surface area contributed by atoms with Gasteiger partial charge in [-0.05, 0) is 216 Å². The van der Waals surface area contributed by atoms with Gasteiger partial charge in [0.15, 0.2) is 11.4 Å². The van der Waals surface area contributed by atoms with E-state index in [-0.39, 0.29) is 30.5 Å². The molecule has 0 heterocycles. The van der Waals surface area contributed by atoms with Crippen molar-refractivity contribution >= 4 is 132 Å². The van der Waals surface area contributed by atoms with E-state index in [1.807, 2.05) is 271 Å². The number of halogens is 2. The van der Waals surface area contributed by atoms with E-state index in [2.05, 4.69) is 67.0 Å². The zero-order valence-electron chi connectivity index (χ0n) is 69.7. The van der Waals surface area contributed by atoms with Gasteiger partial charge in [0.05, 0.1) is 31.9 Å². The predicted molar refractivity (Wildman–Crippen MR) is 493 cm³/mol. The summed E-state index contributed by atoms with van der Waals surface area (Å²) in [7, 11) is -6.52. The molecule has 26 nitrogen and oxygen atoms in total. The zero-order chi connectivity index (χ0) is 89.8. The second-order valence-corrected chi connectivity index (χ2v) is 37.9. The number of nitrogen functional groups attached to an aromatic ring is 1. The molecule has 12 N–H and O–H groups in total. The molecule has 0 saturated heterocycles. The third-order valence-corrected chi connectivity index (χ3v) is 16.5. The van der Waals surface area contributed by atoms with Crippen LogP contribution in [0.25, 0.3) is 54.2 Å². The second-order valence-electron chi connectivity index (χ2n) is 30.3. The molecule has 0 aliphatic rings. The normalized spacial score (nSPS) is 10.8. The Kier molecular flexibility index (Phi) is 44.3. The van der Waals surface area contributed by atoms with Crippen molar-refractivity contribution in [3.05, 3.63) is 287 Å². The van der Waals surface area contributed by atoms with Gasteiger partial charge in [-0.15, -0.1) is 0 Å². The number of hydrogen-bond acceptors (Lipinski definition) is 18. The van der Waals surface area contributed by atoms with E-state index in [9.17, 15) is 44.4 Å². The number of carbonyl (C=O) groups excluding carboxylic acids is 4. The zero-order valence-corrected chi connectivity index (χ0v) is 75.5. The van der Waals surface area contributed by atoms with Crippen LogP contribution in [0.15, 0.2) is 247 Å². The Hall–Kier alpha value is -11.0. The molecular formula is C89H107BBrClN10NiO16S3. The molecule has 0 aliphatic carbocycles. The van der Waals surface area contributed by atoms with Gasteiger partial charge < -0.3 is 40.5 Å². The van der Waals surface area contributed by atoms with E-state index in [4.69, 9.17) is 53.6 Å². The van der Waals surface area contributed by atoms with Gasteiger partial charge in [-0.1, -0.05) is 199 Å². The van der Waals surface area contributed by atoms with Crippen molar-refractivity contribution in [2.45, 2.75) is 133 Å². The molecule has 122 heavy (non-hydrogen) atoms. The monoisotopic (exact) mass is 1850 g/mol. The van der Waals surface area contributed by atoms with E-state index in [0.717, 1.165) is 90.1 Å². The molecule has 10 aromatic carbocycles. The minimum absolute atomic E-state index is 0. The number of benzene rings is 10. The van der Waals surface area contributed by atoms with Gasteiger partial charge in [-0.25, -0.2) is 63.6 Å². The smallest absolute Gasteiger partial charge is 0.444 e. The molecule has 0 fully saturated rings. The summed E-state index contributed by atoms with van der Waals surface area (Å²) in [6.45, 7) is 36.5. The number of nitrogens with two attached hydrogens (primary N) is 2. The fourth-order valence-corrected chi connectivity index (χ4v) is 10.9. The molecular weight excluding hydrogens is 1750 g/mol. The van der Waals surface area contributed by atoms with Gasteiger partial charge in [0.2, 0.25) is 29.1 Å². The molecule has 0 radical (unpaired) electrons. The van der Waals surface area contributed by atoms with Crippen LogP contribution in [0.4, 0.5) is 59.0 Å². The number of ether oxygens (including phenoxy) is 4. The van der Waals surface area contributed by atoms with Crippen molar-refractivity contribution in [3.8, 4) is 44.5 Å². The number of sulfonamides is 2. The summed E-state index contributed by atoms with van der Waals surface area (Å²) in [5, 5.41) is 28.2. The van der Waals surface area contributed by atoms with E-state index in [1.54, 1.807) is 42.5 Å². The quantitative estimate of drug-likeness (QED) is 0.0141. The molecule has 10 aromatic rings. The molecule has 0 saturated carbocycles. The van der Waals surface area contributed by atoms with Gasteiger partial charge in [0, 0.05) is 79.7 Å². The first-order valence-corrected chi connectivity index (χ1v) is 44.1. The van der Waals surface area contributed by atoms with E-state index >= 15 is 0 Å². The molecule has 0 aromatic heterocycles. The summed E-state index contributed by atoms with van der Waals surface area (Å²) in [6.07, 6.45) is 1.32. The molecule has 0 aliphatic heterocycles. The Bertz CT molecular complexity index is 5450. The van der Waals surface area contributed by atoms with Gasteiger partial charge in [-0.3, -0.25) is 21.3 Å². The summed E-state index contributed by atoms with van der Waals surface area (Å²) in [6, 6.07) is 74.3. The number of hydrogen-bond donors (Lipinski definition) is 10. The van der Waals surface area contributed by atoms with Crippen molar-refractivity contribution in [3.63, 3.8) is 0 Å². The van der Waals surface area contributed by atoms with Crippen LogP contribution in [0.5, 0.6) is 0 Å². The topological polar surface area (TPSA) is 381 Å². The maximum Gasteiger partial charge on any atom is 0.488 e. The van der Waals surface area contributed by atoms with Gasteiger partial charge >= 0.3 is 31.5 Å². The summed E-state index contributed by atoms with van der Waals surface area (Å²) >= 11 is 3.32. The van der Waals surface area contributed by atoms with Crippen LogP contribution in [0.1, 0.15) is 107 Å². The molecule has 33 heteroatoms. The van der Waals surface area contributed by atoms with Gasteiger partial charge in [-0.2, -0.15) is 0 Å². The molecule has 654 valence electrons. The maximum absolute atomic E-state index is 11.9. The summed E-state index contributed by atoms with van der Waals surface area (Å²) < 4.78 is 89.8. The standard InChI is InChI=1S/C19H24N2O4S.C18H18N2O2.C18H22N2O2.C14H16N2O2S.C11H14BrNO2.C7H6BNO2.CH3ClO2S.CH4.Ni/c1-19(2,3)25-18(22)21-17-7-5-6-16(12-17)15-10-8-14(9-11-15)13-20-26(4,23)24;1-18(2,3)22-17(21)20-16-7-5-6-14(12-16)13-8-10-15(19-4)11-9-13;1-18(2,3)22-17(21)20-16-6-4-5-15(11-16)14-9-7-13(12-19)8-10-14;1-19(17,18)16-10-11-5-7-12(8-6-11)13-3-2-4-14(15)9-13;1-11(2,3)15-10(14)13-9-6-4-5-8(12)7-9;1-9-7-4-2-6(3-5-7)8(10)11;1-5(2,3)4;;/h5-12,20H,13H2,1-4H3,(H,21,22);5-12H,1-3H3,(H,20,21);4-11H,12,19H2,1-3H3,(H,20,21);2-9,16H,10,15H2,1H3;4-7H,1-3H3,(H,13,14);2-5,10-11H;1H3;1H4;. The molecule has 0 spiro atoms. The SMILES string of the molecule is C.CC(C)(C)OC(=O)Nc1cccc(-c2ccc(CN)cc2)c1.CC(C)(C)OC(=O)Nc1cccc(-c2ccc(CNS(C)(=O)=O)cc2)c1.CC(C)(C)OC(=O)Nc1cccc(Br)c1.CS(=O)(=O)Cl.CS(=O)(=O)NCc1ccc(-c2cccc(N)c2)cc1.[C-]#[N+]c1ccc(-c2cccc(NC(=O)OC(C)(C)C)c2)cc1.[C-]#[N+]c1ccc(B(O)O)cc1.[Ni]. The van der Waals surface area contributed by atoms with E-state index in [1.165, 1.54) is 12.1 Å². The third kappa shape index (κ3) is 47.9. The van der Waals surface area contributed by atoms with Crippen LogP contribution in [-0.4, -0.2) is 108 Å². The molecule has 4 amide bonds. The molecule has 0 atom stereocenters. The first kappa shape index (κ1) is 107. The van der Waals surface area contributed by atoms with E-state index in [0.29, 0.717) is 52.7 Å². The van der Waals surface area contributed by atoms with Gasteiger partial charge in [0.25, 0.3) is 0 Å². The van der Waals surface area contributed by atoms with Crippen molar-refractivity contribution < 1.29 is 89.9 Å². The van der Waals surface area contributed by atoms with Crippen LogP contribution < -0.4 is 47.6 Å². The van der Waals surface area contributed by atoms with Crippen LogP contribution in [-0.2, 0) is 84.2 Å². The minimum atomic E-state index is -3.22. The van der Waals surface area contributed by atoms with Crippen LogP contribution in [0.3, 0.4) is 0 Å². The second kappa shape index (κ2) is 50.4. The Morgan fingerprint density at radius 3 is 0.918 bits per heavy atom. The van der Waals surface area contributed by atoms with Crippen molar-refractivity contribution in [2.24, 2.45) is 5.73 Å². The summed E-state index contributed by atoms with van der Waals surface area (Å²) in [5.74, 6) is 0. The minimum Gasteiger partial charge on any atom is -0.444 e. The van der Waals surface area contributed by atoms with E-state index < -0.39 is 83.0 Å². The number of carbonyl (C=O) groups is 4. The first-order valence-electron chi connectivity index (χ1n) is 36.8. The largest absolute Gasteiger partial charge is 0.488 e. The fraction of sp³-hybridized carbons (Fsp3) is 0.258. The Balaban J connectivity index is 0.000000496. The van der Waals surface area contributed by atoms with Crippen molar-refractivity contribution in [1.82, 2.24) is 9.44 Å². The molecule has 0 unspecified atom stereocenters. The van der Waals surface area contributed by atoms with Gasteiger partial charge in [0.1, 0.15) is 22.4 Å². The van der Waals surface area contributed by atoms with Crippen LogP contribution >= 0.6 is 26.6 Å². The number of nitrogens with one attached hydrogen (secondary N) is 6. The number of rotatable bonds is 16. The first-order chi connectivity index (χ1) is 55.8. The molecule has 0 bridgehead atoms. The Labute approximate surface area is 741 Å². The van der Waals surface area contributed by atoms with Crippen LogP contribution in [0.2, 0.25) is 0 Å². The predicted octanol–water partition coefficient (Wildman–Crippen LogP) is 19.7. The van der Waals surface area contributed by atoms with Crippen molar-refractivity contribution in [1.29, 1.82) is 0 Å². The number of nitrogens with zero attached hydrogens (tertiary/aromatic N) is 2. The Morgan fingerprint density at radius 1 is 0.410 bits per heavy atom. The van der Waals surface area contributed by atoms with Crippen molar-refractivity contribution in [2.75, 3.05) is 45.8 Å². The number of amides is 4. The van der Waals surface area contributed by atoms with Crippen LogP contribution in [0, 0.1) is 13.1 Å². The summed E-state index contributed by atoms with van der Waals surface area (Å²) in [4.78, 5) is 53.4. The summed E-state index contributed by atoms with van der Waals surface area (Å²) in [5.41, 5.74) is 25.1. The maximum atomic E-state index is 11.9. The molecule has 10 rings (SSSR count). The average molecular weight is 1850 g/mol. The number of anilines is 5. The fourth-order valence-electron chi connectivity index (χ4n) is 9.64. The Morgan fingerprint density at radius 2 is 0.664 bits per heavy atom. The average Bonchev–Trinajstić information content (AvgIpc) is 0.586.